The van der Waals surface area contributed by atoms with Gasteiger partial charge in [0.1, 0.15) is 0 Å². The number of hydrogen-bond acceptors (Lipinski definition) is 4. The number of nitrogens with zero attached hydrogens (tertiary/aromatic N) is 2. The first-order valence-electron chi connectivity index (χ1n) is 17.0. The number of carbonyl (C=O) groups is 4. The zero-order valence-corrected chi connectivity index (χ0v) is 26.7. The van der Waals surface area contributed by atoms with Gasteiger partial charge in [-0.1, -0.05) is 75.2 Å². The molecule has 4 amide bonds. The van der Waals surface area contributed by atoms with E-state index in [-0.39, 0.29) is 23.6 Å². The van der Waals surface area contributed by atoms with Crippen molar-refractivity contribution in [2.45, 2.75) is 39.5 Å². The van der Waals surface area contributed by atoms with Crippen LogP contribution in [-0.2, 0) is 0 Å². The number of benzene rings is 8. The van der Waals surface area contributed by atoms with Crippen molar-refractivity contribution < 1.29 is 19.2 Å². The minimum absolute atomic E-state index is 0.220. The Kier molecular flexibility index (Phi) is 5.43. The normalized spacial score (nSPS) is 15.0. The molecular weight excluding hydrogens is 596 g/mol. The van der Waals surface area contributed by atoms with Crippen molar-refractivity contribution in [2.24, 2.45) is 0 Å². The van der Waals surface area contributed by atoms with Crippen LogP contribution in [0.4, 0.5) is 0 Å². The molecule has 0 radical (unpaired) electrons. The fraction of sp³-hybridized carbons (Fsp3) is 0.190. The summed E-state index contributed by atoms with van der Waals surface area (Å²) in [5, 5.41) is 14.0. The molecule has 0 fully saturated rings. The van der Waals surface area contributed by atoms with E-state index in [9.17, 15) is 19.2 Å². The highest BCUT2D eigenvalue weighted by Gasteiger charge is 2.36. The second kappa shape index (κ2) is 9.48. The Bertz CT molecular complexity index is 2430. The van der Waals surface area contributed by atoms with Gasteiger partial charge in [-0.05, 0) is 102 Å². The van der Waals surface area contributed by atoms with Crippen molar-refractivity contribution in [1.29, 1.82) is 0 Å². The first-order chi connectivity index (χ1) is 23.4. The number of amides is 4. The van der Waals surface area contributed by atoms with Crippen molar-refractivity contribution in [1.82, 2.24) is 9.80 Å². The van der Waals surface area contributed by atoms with Crippen LogP contribution in [0.3, 0.4) is 0 Å². The molecule has 6 nitrogen and oxygen atoms in total. The van der Waals surface area contributed by atoms with Crippen LogP contribution < -0.4 is 0 Å². The number of hydrogen-bond donors (Lipinski definition) is 0. The van der Waals surface area contributed by atoms with Crippen molar-refractivity contribution in [3.63, 3.8) is 0 Å². The lowest BCUT2D eigenvalue weighted by molar-refractivity contribution is 0.0593. The summed E-state index contributed by atoms with van der Waals surface area (Å²) in [5.74, 6) is -0.879. The lowest BCUT2D eigenvalue weighted by Crippen LogP contribution is -2.40. The molecule has 2 heterocycles. The maximum Gasteiger partial charge on any atom is 0.261 e. The van der Waals surface area contributed by atoms with Gasteiger partial charge in [0.05, 0.1) is 0 Å². The van der Waals surface area contributed by atoms with E-state index < -0.39 is 0 Å². The Hall–Kier alpha value is -5.62. The van der Waals surface area contributed by atoms with Crippen LogP contribution in [-0.4, -0.2) is 46.5 Å². The summed E-state index contributed by atoms with van der Waals surface area (Å²) in [5.41, 5.74) is 2.34. The molecule has 0 spiro atoms. The van der Waals surface area contributed by atoms with Crippen LogP contribution in [0.15, 0.2) is 72.8 Å². The fourth-order valence-corrected chi connectivity index (χ4v) is 8.80. The zero-order chi connectivity index (χ0) is 32.6. The van der Waals surface area contributed by atoms with Gasteiger partial charge in [0.2, 0.25) is 0 Å². The number of unbranched alkanes of at least 4 members (excludes halogenated alkanes) is 2. The first-order valence-corrected chi connectivity index (χ1v) is 17.0. The molecule has 0 unspecified atom stereocenters. The SMILES string of the molecule is CCCCN1C(=O)c2ccc3c4ccc5c6ccc7c8c(ccc(c9ccc(c%10ccc(c2c3%10)C1=O)c4c59)c86)C(=O)N(CCCC)C7=O. The molecule has 0 N–H and O–H groups in total. The van der Waals surface area contributed by atoms with Crippen molar-refractivity contribution in [3.8, 4) is 0 Å². The van der Waals surface area contributed by atoms with Crippen LogP contribution in [0.25, 0.3) is 75.4 Å². The summed E-state index contributed by atoms with van der Waals surface area (Å²) in [7, 11) is 0. The van der Waals surface area contributed by atoms with Crippen LogP contribution >= 0.6 is 0 Å². The van der Waals surface area contributed by atoms with E-state index in [2.05, 4.69) is 38.1 Å². The van der Waals surface area contributed by atoms with Crippen molar-refractivity contribution in [2.75, 3.05) is 13.1 Å². The Morgan fingerprint density at radius 2 is 0.583 bits per heavy atom. The Morgan fingerprint density at radius 3 is 0.833 bits per heavy atom. The number of fused-ring (bicyclic) bond motifs is 4. The van der Waals surface area contributed by atoms with E-state index in [0.29, 0.717) is 35.3 Å². The van der Waals surface area contributed by atoms with Gasteiger partial charge >= 0.3 is 0 Å². The Labute approximate surface area is 275 Å². The first kappa shape index (κ1) is 27.5. The van der Waals surface area contributed by atoms with Gasteiger partial charge in [-0.15, -0.1) is 0 Å². The molecule has 0 aliphatic carbocycles. The third-order valence-electron chi connectivity index (χ3n) is 11.0. The van der Waals surface area contributed by atoms with Crippen molar-refractivity contribution in [3.05, 3.63) is 95.1 Å². The molecule has 6 heteroatoms. The average Bonchev–Trinajstić information content (AvgIpc) is 3.11. The van der Waals surface area contributed by atoms with Gasteiger partial charge in [-0.25, -0.2) is 0 Å². The predicted molar refractivity (Wildman–Crippen MR) is 192 cm³/mol. The molecular formula is C42H30N2O4. The van der Waals surface area contributed by atoms with E-state index in [1.807, 2.05) is 48.5 Å². The second-order valence-corrected chi connectivity index (χ2v) is 13.4. The summed E-state index contributed by atoms with van der Waals surface area (Å²) >= 11 is 0. The van der Waals surface area contributed by atoms with Gasteiger partial charge < -0.3 is 0 Å². The van der Waals surface area contributed by atoms with E-state index >= 15 is 0 Å². The highest BCUT2D eigenvalue weighted by Crippen LogP contribution is 2.49. The molecule has 0 atom stereocenters. The molecule has 0 bridgehead atoms. The molecule has 2 aliphatic rings. The highest BCUT2D eigenvalue weighted by molar-refractivity contribution is 6.45. The third-order valence-corrected chi connectivity index (χ3v) is 11.0. The van der Waals surface area contributed by atoms with Gasteiger partial charge in [-0.3, -0.25) is 29.0 Å². The number of rotatable bonds is 6. The quantitative estimate of drug-likeness (QED) is 0.105. The molecule has 8 aromatic carbocycles. The van der Waals surface area contributed by atoms with Crippen LogP contribution in [0.2, 0.25) is 0 Å². The molecule has 0 saturated carbocycles. The average molecular weight is 627 g/mol. The molecule has 8 aromatic rings. The maximum absolute atomic E-state index is 13.7. The second-order valence-electron chi connectivity index (χ2n) is 13.4. The third kappa shape index (κ3) is 3.18. The van der Waals surface area contributed by atoms with E-state index in [4.69, 9.17) is 0 Å². The van der Waals surface area contributed by atoms with Gasteiger partial charge in [0, 0.05) is 46.1 Å². The molecule has 0 aromatic heterocycles. The van der Waals surface area contributed by atoms with E-state index in [1.165, 1.54) is 9.80 Å². The molecule has 0 saturated heterocycles. The largest absolute Gasteiger partial charge is 0.274 e. The van der Waals surface area contributed by atoms with E-state index in [0.717, 1.165) is 101 Å². The smallest absolute Gasteiger partial charge is 0.261 e. The number of imide groups is 2. The lowest BCUT2D eigenvalue weighted by atomic mass is 9.81. The monoisotopic (exact) mass is 626 g/mol. The van der Waals surface area contributed by atoms with Crippen LogP contribution in [0, 0.1) is 0 Å². The highest BCUT2D eigenvalue weighted by atomic mass is 16.2. The van der Waals surface area contributed by atoms with Crippen molar-refractivity contribution >= 4 is 99.0 Å². The zero-order valence-electron chi connectivity index (χ0n) is 26.7. The Morgan fingerprint density at radius 1 is 0.354 bits per heavy atom. The molecule has 232 valence electrons. The molecule has 48 heavy (non-hydrogen) atoms. The van der Waals surface area contributed by atoms with Gasteiger partial charge in [-0.2, -0.15) is 0 Å². The predicted octanol–water partition coefficient (Wildman–Crippen LogP) is 9.43. The summed E-state index contributed by atoms with van der Waals surface area (Å²) in [4.78, 5) is 57.5. The molecule has 10 rings (SSSR count). The minimum atomic E-state index is -0.220. The Balaban J connectivity index is 1.29. The fourth-order valence-electron chi connectivity index (χ4n) is 8.80. The topological polar surface area (TPSA) is 74.8 Å². The summed E-state index contributed by atoms with van der Waals surface area (Å²) < 4.78 is 0. The van der Waals surface area contributed by atoms with Gasteiger partial charge in [0.15, 0.2) is 0 Å². The number of carbonyl (C=O) groups excluding carboxylic acids is 4. The van der Waals surface area contributed by atoms with Gasteiger partial charge in [0.25, 0.3) is 23.6 Å². The lowest BCUT2D eigenvalue weighted by Gasteiger charge is -2.29. The van der Waals surface area contributed by atoms with Crippen LogP contribution in [0.1, 0.15) is 81.0 Å². The molecule has 2 aliphatic heterocycles. The van der Waals surface area contributed by atoms with E-state index in [1.54, 1.807) is 0 Å². The minimum Gasteiger partial charge on any atom is -0.274 e. The summed E-state index contributed by atoms with van der Waals surface area (Å²) in [6.07, 6.45) is 3.35. The summed E-state index contributed by atoms with van der Waals surface area (Å²) in [6.45, 7) is 4.95. The maximum atomic E-state index is 13.7. The summed E-state index contributed by atoms with van der Waals surface area (Å²) in [6, 6.07) is 24.4. The van der Waals surface area contributed by atoms with Crippen LogP contribution in [0.5, 0.6) is 0 Å². The standard InChI is InChI=1S/C42H30N2O4/c1-3-5-19-43-39(45)29-15-11-25-21-7-9-23-27-13-17-31-38-32(42(48)44(41(31)47)20-6-4-2)18-14-28(36(27)38)24-10-8-22(33(21)34(23)24)26-12-16-30(40(43)46)37(29)35(25)26/h7-18H,3-6,19-20H2,1-2H3.